The lowest BCUT2D eigenvalue weighted by molar-refractivity contribution is -0.149. The van der Waals surface area contributed by atoms with Gasteiger partial charge < -0.3 is 25.2 Å². The van der Waals surface area contributed by atoms with E-state index in [1.807, 2.05) is 55.5 Å². The van der Waals surface area contributed by atoms with Crippen molar-refractivity contribution >= 4 is 23.9 Å². The molecule has 35 heavy (non-hydrogen) atoms. The van der Waals surface area contributed by atoms with Gasteiger partial charge >= 0.3 is 18.0 Å². The molecule has 2 atom stereocenters. The summed E-state index contributed by atoms with van der Waals surface area (Å²) in [6, 6.07) is 13.4. The topological polar surface area (TPSA) is 131 Å². The molecule has 0 saturated carbocycles. The average molecular weight is 483 g/mol. The Bertz CT molecular complexity index is 1040. The van der Waals surface area contributed by atoms with Crippen LogP contribution < -0.4 is 10.6 Å². The maximum atomic E-state index is 12.8. The first-order valence-corrected chi connectivity index (χ1v) is 11.6. The van der Waals surface area contributed by atoms with E-state index < -0.39 is 42.4 Å². The minimum atomic E-state index is -1.47. The molecule has 2 amide bonds. The first-order valence-electron chi connectivity index (χ1n) is 11.6. The van der Waals surface area contributed by atoms with Crippen molar-refractivity contribution in [1.82, 2.24) is 10.6 Å². The lowest BCUT2D eigenvalue weighted by Crippen LogP contribution is -2.52. The van der Waals surface area contributed by atoms with E-state index in [4.69, 9.17) is 4.74 Å². The summed E-state index contributed by atoms with van der Waals surface area (Å²) in [5.74, 6) is -2.98. The van der Waals surface area contributed by atoms with Gasteiger partial charge in [-0.3, -0.25) is 9.59 Å². The second kappa shape index (κ2) is 12.0. The number of carbonyl (C=O) groups excluding carboxylic acids is 3. The van der Waals surface area contributed by atoms with Crippen molar-refractivity contribution in [3.63, 3.8) is 0 Å². The number of amides is 2. The van der Waals surface area contributed by atoms with E-state index in [1.165, 1.54) is 0 Å². The van der Waals surface area contributed by atoms with Crippen LogP contribution in [-0.2, 0) is 23.9 Å². The summed E-state index contributed by atoms with van der Waals surface area (Å²) in [4.78, 5) is 48.4. The van der Waals surface area contributed by atoms with Gasteiger partial charge in [0.25, 0.3) is 0 Å². The van der Waals surface area contributed by atoms with E-state index >= 15 is 0 Å². The Morgan fingerprint density at radius 3 is 2.09 bits per heavy atom. The second-order valence-electron chi connectivity index (χ2n) is 8.34. The molecule has 186 valence electrons. The highest BCUT2D eigenvalue weighted by Crippen LogP contribution is 2.44. The third-order valence-corrected chi connectivity index (χ3v) is 6.01. The second-order valence-corrected chi connectivity index (χ2v) is 8.34. The minimum absolute atomic E-state index is 0.0854. The molecule has 0 saturated heterocycles. The number of carbonyl (C=O) groups is 4. The standard InChI is InChI=1S/C26H30N2O7/c1-3-4-13-21(24(30)27-22(25(31)32)14-23(29)34-2)28-26(33)35-15-20-18-11-7-5-9-16(18)17-10-6-8-12-19(17)20/h5-12,20-22H,3-4,13-15H2,1-2H3,(H,27,30)(H,28,33)(H,31,32)/t21-,22+/m0/s1. The number of rotatable bonds is 11. The molecule has 9 heteroatoms. The summed E-state index contributed by atoms with van der Waals surface area (Å²) in [7, 11) is 1.13. The Hall–Kier alpha value is -3.88. The summed E-state index contributed by atoms with van der Waals surface area (Å²) in [6.45, 7) is 2.02. The number of aliphatic carboxylic acids is 1. The number of hydrogen-bond donors (Lipinski definition) is 3. The zero-order valence-corrected chi connectivity index (χ0v) is 19.8. The van der Waals surface area contributed by atoms with Gasteiger partial charge in [-0.15, -0.1) is 0 Å². The number of alkyl carbamates (subject to hydrolysis) is 1. The molecular formula is C26H30N2O7. The monoisotopic (exact) mass is 482 g/mol. The smallest absolute Gasteiger partial charge is 0.407 e. The number of nitrogens with one attached hydrogen (secondary N) is 2. The van der Waals surface area contributed by atoms with Gasteiger partial charge in [0.15, 0.2) is 0 Å². The number of benzene rings is 2. The molecule has 9 nitrogen and oxygen atoms in total. The highest BCUT2D eigenvalue weighted by Gasteiger charge is 2.31. The molecule has 2 aromatic carbocycles. The number of ether oxygens (including phenoxy) is 2. The van der Waals surface area contributed by atoms with E-state index in [1.54, 1.807) is 0 Å². The molecule has 0 bridgehead atoms. The predicted molar refractivity (Wildman–Crippen MR) is 128 cm³/mol. The van der Waals surface area contributed by atoms with Gasteiger partial charge in [-0.25, -0.2) is 9.59 Å². The molecule has 0 unspecified atom stereocenters. The normalized spacial score (nSPS) is 13.7. The van der Waals surface area contributed by atoms with Gasteiger partial charge in [-0.1, -0.05) is 68.3 Å². The number of methoxy groups -OCH3 is 1. The number of fused-ring (bicyclic) bond motifs is 3. The Morgan fingerprint density at radius 1 is 0.943 bits per heavy atom. The Labute approximate surface area is 203 Å². The fourth-order valence-electron chi connectivity index (χ4n) is 4.18. The molecule has 2 aromatic rings. The van der Waals surface area contributed by atoms with Gasteiger partial charge in [-0.05, 0) is 28.7 Å². The quantitative estimate of drug-likeness (QED) is 0.419. The number of carboxylic acids is 1. The molecule has 0 aliphatic heterocycles. The average Bonchev–Trinajstić information content (AvgIpc) is 3.18. The molecule has 3 N–H and O–H groups in total. The SMILES string of the molecule is CCCC[C@H](NC(=O)OCC1c2ccccc2-c2ccccc21)C(=O)N[C@H](CC(=O)OC)C(=O)O. The Balaban J connectivity index is 1.65. The summed E-state index contributed by atoms with van der Waals surface area (Å²) < 4.78 is 10.0. The first-order chi connectivity index (χ1) is 16.8. The molecule has 0 heterocycles. The van der Waals surface area contributed by atoms with Crippen LogP contribution in [0.1, 0.15) is 49.7 Å². The molecule has 0 radical (unpaired) electrons. The maximum Gasteiger partial charge on any atom is 0.407 e. The molecule has 1 aliphatic carbocycles. The number of esters is 1. The van der Waals surface area contributed by atoms with Crippen molar-refractivity contribution in [2.45, 2.75) is 50.6 Å². The van der Waals surface area contributed by atoms with E-state index in [-0.39, 0.29) is 18.9 Å². The Kier molecular flexibility index (Phi) is 8.83. The van der Waals surface area contributed by atoms with Gasteiger partial charge in [-0.2, -0.15) is 0 Å². The van der Waals surface area contributed by atoms with Crippen LogP contribution in [0.3, 0.4) is 0 Å². The fourth-order valence-corrected chi connectivity index (χ4v) is 4.18. The van der Waals surface area contributed by atoms with Crippen molar-refractivity contribution in [2.24, 2.45) is 0 Å². The predicted octanol–water partition coefficient (Wildman–Crippen LogP) is 3.22. The largest absolute Gasteiger partial charge is 0.480 e. The molecule has 3 rings (SSSR count). The maximum absolute atomic E-state index is 12.8. The Morgan fingerprint density at radius 2 is 1.54 bits per heavy atom. The number of carboxylic acid groups (broad SMARTS) is 1. The van der Waals surface area contributed by atoms with Crippen molar-refractivity contribution in [2.75, 3.05) is 13.7 Å². The van der Waals surface area contributed by atoms with Crippen molar-refractivity contribution in [1.29, 1.82) is 0 Å². The zero-order valence-electron chi connectivity index (χ0n) is 19.8. The minimum Gasteiger partial charge on any atom is -0.480 e. The fraction of sp³-hybridized carbons (Fsp3) is 0.385. The van der Waals surface area contributed by atoms with Crippen LogP contribution >= 0.6 is 0 Å². The molecule has 0 aromatic heterocycles. The van der Waals surface area contributed by atoms with E-state index in [0.717, 1.165) is 35.8 Å². The molecule has 0 fully saturated rings. The summed E-state index contributed by atoms with van der Waals surface area (Å²) in [5.41, 5.74) is 4.33. The van der Waals surface area contributed by atoms with Crippen molar-refractivity contribution in [3.05, 3.63) is 59.7 Å². The van der Waals surface area contributed by atoms with E-state index in [0.29, 0.717) is 6.42 Å². The molecule has 1 aliphatic rings. The van der Waals surface area contributed by atoms with Crippen LogP contribution in [0.25, 0.3) is 11.1 Å². The van der Waals surface area contributed by atoms with Crippen LogP contribution in [0.4, 0.5) is 4.79 Å². The van der Waals surface area contributed by atoms with Gasteiger partial charge in [0.2, 0.25) is 5.91 Å². The number of hydrogen-bond acceptors (Lipinski definition) is 6. The van der Waals surface area contributed by atoms with Gasteiger partial charge in [0.1, 0.15) is 18.7 Å². The summed E-state index contributed by atoms with van der Waals surface area (Å²) >= 11 is 0. The van der Waals surface area contributed by atoms with E-state index in [2.05, 4.69) is 15.4 Å². The highest BCUT2D eigenvalue weighted by atomic mass is 16.5. The first kappa shape index (κ1) is 25.7. The van der Waals surface area contributed by atoms with Gasteiger partial charge in [0, 0.05) is 5.92 Å². The van der Waals surface area contributed by atoms with Crippen LogP contribution in [0, 0.1) is 0 Å². The van der Waals surface area contributed by atoms with E-state index in [9.17, 15) is 24.3 Å². The lowest BCUT2D eigenvalue weighted by Gasteiger charge is -2.21. The van der Waals surface area contributed by atoms with Gasteiger partial charge in [0.05, 0.1) is 13.5 Å². The van der Waals surface area contributed by atoms with Crippen LogP contribution in [0.2, 0.25) is 0 Å². The summed E-state index contributed by atoms with van der Waals surface area (Å²) in [6.07, 6.45) is 0.375. The van der Waals surface area contributed by atoms with Crippen LogP contribution in [0.5, 0.6) is 0 Å². The van der Waals surface area contributed by atoms with Crippen molar-refractivity contribution < 1.29 is 33.8 Å². The van der Waals surface area contributed by atoms with Crippen LogP contribution in [0.15, 0.2) is 48.5 Å². The molecule has 0 spiro atoms. The third-order valence-electron chi connectivity index (χ3n) is 6.01. The molecular weight excluding hydrogens is 452 g/mol. The highest BCUT2D eigenvalue weighted by molar-refractivity contribution is 5.91. The number of unbranched alkanes of at least 4 members (excludes halogenated alkanes) is 1. The third kappa shape index (κ3) is 6.38. The lowest BCUT2D eigenvalue weighted by atomic mass is 9.98. The van der Waals surface area contributed by atoms with Crippen LogP contribution in [-0.4, -0.2) is 54.8 Å². The zero-order chi connectivity index (χ0) is 25.4. The summed E-state index contributed by atoms with van der Waals surface area (Å²) in [5, 5.41) is 14.2. The van der Waals surface area contributed by atoms with Crippen molar-refractivity contribution in [3.8, 4) is 11.1 Å².